The number of carbonyl (C=O) groups excluding carboxylic acids is 1. The van der Waals surface area contributed by atoms with Crippen molar-refractivity contribution in [3.05, 3.63) is 29.8 Å². The normalized spacial score (nSPS) is 22.3. The van der Waals surface area contributed by atoms with Crippen LogP contribution in [0.1, 0.15) is 23.7 Å². The molecule has 122 valence electrons. The largest absolute Gasteiger partial charge is 0.338 e. The molecule has 0 aliphatic carbocycles. The molecule has 1 amide bonds. The van der Waals surface area contributed by atoms with Crippen molar-refractivity contribution in [2.24, 2.45) is 11.1 Å². The number of benzene rings is 1. The average Bonchev–Trinajstić information content (AvgIpc) is 2.89. The molecular weight excluding hydrogens is 302 g/mol. The Labute approximate surface area is 131 Å². The lowest BCUT2D eigenvalue weighted by molar-refractivity contribution is 0.0776. The Balaban J connectivity index is 2.26. The van der Waals surface area contributed by atoms with E-state index in [4.69, 9.17) is 5.73 Å². The Kier molecular flexibility index (Phi) is 4.60. The Bertz CT molecular complexity index is 672. The fourth-order valence-electron chi connectivity index (χ4n) is 2.55. The number of rotatable bonds is 4. The molecule has 22 heavy (non-hydrogen) atoms. The molecule has 1 saturated heterocycles. The summed E-state index contributed by atoms with van der Waals surface area (Å²) >= 11 is 0. The fraction of sp³-hybridized carbons (Fsp3) is 0.533. The lowest BCUT2D eigenvalue weighted by atomic mass is 9.90. The molecule has 0 bridgehead atoms. The number of sulfonamides is 1. The van der Waals surface area contributed by atoms with Gasteiger partial charge < -0.3 is 10.6 Å². The van der Waals surface area contributed by atoms with E-state index in [0.29, 0.717) is 25.2 Å². The highest BCUT2D eigenvalue weighted by atomic mass is 32.2. The molecule has 1 aliphatic heterocycles. The van der Waals surface area contributed by atoms with E-state index >= 15 is 0 Å². The van der Waals surface area contributed by atoms with Gasteiger partial charge in [0.15, 0.2) is 0 Å². The number of nitrogens with two attached hydrogens (primary N) is 1. The van der Waals surface area contributed by atoms with Gasteiger partial charge in [-0.05, 0) is 36.6 Å². The first-order valence-electron chi connectivity index (χ1n) is 7.21. The van der Waals surface area contributed by atoms with Gasteiger partial charge in [0.25, 0.3) is 5.91 Å². The summed E-state index contributed by atoms with van der Waals surface area (Å²) in [5.74, 6) is -0.145. The summed E-state index contributed by atoms with van der Waals surface area (Å²) in [4.78, 5) is 14.4. The molecule has 1 fully saturated rings. The molecule has 0 saturated carbocycles. The van der Waals surface area contributed by atoms with Crippen LogP contribution in [-0.4, -0.2) is 57.3 Å². The third-order valence-electron chi connectivity index (χ3n) is 4.20. The van der Waals surface area contributed by atoms with Gasteiger partial charge in [-0.15, -0.1) is 0 Å². The van der Waals surface area contributed by atoms with Crippen LogP contribution >= 0.6 is 0 Å². The topological polar surface area (TPSA) is 83.7 Å². The first-order valence-corrected chi connectivity index (χ1v) is 8.65. The summed E-state index contributed by atoms with van der Waals surface area (Å²) in [5.41, 5.74) is 6.10. The van der Waals surface area contributed by atoms with E-state index in [1.54, 1.807) is 17.0 Å². The molecule has 1 atom stereocenters. The monoisotopic (exact) mass is 325 g/mol. The predicted molar refractivity (Wildman–Crippen MR) is 85.0 cm³/mol. The summed E-state index contributed by atoms with van der Waals surface area (Å²) in [5, 5.41) is 0. The summed E-state index contributed by atoms with van der Waals surface area (Å²) in [7, 11) is -0.603. The van der Waals surface area contributed by atoms with Gasteiger partial charge in [0.05, 0.1) is 4.90 Å². The van der Waals surface area contributed by atoms with Crippen LogP contribution in [0.3, 0.4) is 0 Å². The lowest BCUT2D eigenvalue weighted by Gasteiger charge is -2.22. The summed E-state index contributed by atoms with van der Waals surface area (Å²) in [6.07, 6.45) is 0.866. The molecule has 2 N–H and O–H groups in total. The van der Waals surface area contributed by atoms with Crippen molar-refractivity contribution in [3.63, 3.8) is 0 Å². The minimum Gasteiger partial charge on any atom is -0.338 e. The van der Waals surface area contributed by atoms with E-state index in [-0.39, 0.29) is 16.2 Å². The van der Waals surface area contributed by atoms with E-state index in [9.17, 15) is 13.2 Å². The minimum atomic E-state index is -3.54. The first kappa shape index (κ1) is 16.9. The predicted octanol–water partition coefficient (Wildman–Crippen LogP) is 0.748. The number of carbonyl (C=O) groups is 1. The first-order chi connectivity index (χ1) is 10.2. The number of hydrogen-bond acceptors (Lipinski definition) is 4. The molecular formula is C15H23N3O3S. The van der Waals surface area contributed by atoms with Crippen molar-refractivity contribution >= 4 is 15.9 Å². The Hall–Kier alpha value is -1.44. The highest BCUT2D eigenvalue weighted by molar-refractivity contribution is 7.89. The third kappa shape index (κ3) is 3.16. The average molecular weight is 325 g/mol. The van der Waals surface area contributed by atoms with Crippen LogP contribution in [0.5, 0.6) is 0 Å². The molecule has 1 aromatic rings. The summed E-state index contributed by atoms with van der Waals surface area (Å²) < 4.78 is 25.5. The summed E-state index contributed by atoms with van der Waals surface area (Å²) in [6.45, 7) is 3.85. The van der Waals surface area contributed by atoms with E-state index in [1.807, 2.05) is 0 Å². The zero-order chi connectivity index (χ0) is 16.5. The number of amides is 1. The van der Waals surface area contributed by atoms with Gasteiger partial charge >= 0.3 is 0 Å². The zero-order valence-electron chi connectivity index (χ0n) is 13.2. The SMILES string of the molecule is CN(C)S(=O)(=O)c1cccc(C(=O)N2CCC(C)(CN)C2)c1. The third-order valence-corrected chi connectivity index (χ3v) is 6.01. The van der Waals surface area contributed by atoms with E-state index in [1.165, 1.54) is 26.2 Å². The van der Waals surface area contributed by atoms with Crippen LogP contribution in [0, 0.1) is 5.41 Å². The minimum absolute atomic E-state index is 0.0526. The van der Waals surface area contributed by atoms with Crippen LogP contribution in [0.15, 0.2) is 29.2 Å². The standard InChI is InChI=1S/C15H23N3O3S/c1-15(10-16)7-8-18(11-15)14(19)12-5-4-6-13(9-12)22(20,21)17(2)3/h4-6,9H,7-8,10-11,16H2,1-3H3. The number of hydrogen-bond donors (Lipinski definition) is 1. The Morgan fingerprint density at radius 1 is 1.41 bits per heavy atom. The van der Waals surface area contributed by atoms with Gasteiger partial charge in [0.2, 0.25) is 10.0 Å². The van der Waals surface area contributed by atoms with E-state index in [2.05, 4.69) is 6.92 Å². The zero-order valence-corrected chi connectivity index (χ0v) is 14.1. The van der Waals surface area contributed by atoms with Crippen LogP contribution < -0.4 is 5.73 Å². The molecule has 1 aromatic carbocycles. The van der Waals surface area contributed by atoms with Crippen LogP contribution in [0.4, 0.5) is 0 Å². The second-order valence-electron chi connectivity index (χ2n) is 6.31. The molecule has 0 aromatic heterocycles. The fourth-order valence-corrected chi connectivity index (χ4v) is 3.49. The van der Waals surface area contributed by atoms with Crippen molar-refractivity contribution in [1.82, 2.24) is 9.21 Å². The highest BCUT2D eigenvalue weighted by Crippen LogP contribution is 2.29. The van der Waals surface area contributed by atoms with Gasteiger partial charge in [-0.2, -0.15) is 0 Å². The molecule has 7 heteroatoms. The quantitative estimate of drug-likeness (QED) is 0.885. The Morgan fingerprint density at radius 2 is 2.09 bits per heavy atom. The van der Waals surface area contributed by atoms with Crippen LogP contribution in [0.2, 0.25) is 0 Å². The summed E-state index contributed by atoms with van der Waals surface area (Å²) in [6, 6.07) is 6.19. The van der Waals surface area contributed by atoms with Crippen molar-refractivity contribution in [2.45, 2.75) is 18.2 Å². The van der Waals surface area contributed by atoms with Gasteiger partial charge in [0.1, 0.15) is 0 Å². The maximum absolute atomic E-state index is 12.6. The van der Waals surface area contributed by atoms with Gasteiger partial charge in [-0.25, -0.2) is 12.7 Å². The van der Waals surface area contributed by atoms with E-state index < -0.39 is 10.0 Å². The van der Waals surface area contributed by atoms with Crippen molar-refractivity contribution in [3.8, 4) is 0 Å². The van der Waals surface area contributed by atoms with Crippen molar-refractivity contribution < 1.29 is 13.2 Å². The van der Waals surface area contributed by atoms with Crippen LogP contribution in [0.25, 0.3) is 0 Å². The molecule has 1 unspecified atom stereocenters. The molecule has 6 nitrogen and oxygen atoms in total. The highest BCUT2D eigenvalue weighted by Gasteiger charge is 2.35. The second-order valence-corrected chi connectivity index (χ2v) is 8.46. The molecule has 2 rings (SSSR count). The number of nitrogens with zero attached hydrogens (tertiary/aromatic N) is 2. The maximum atomic E-state index is 12.6. The Morgan fingerprint density at radius 3 is 2.64 bits per heavy atom. The number of likely N-dealkylation sites (tertiary alicyclic amines) is 1. The van der Waals surface area contributed by atoms with Crippen molar-refractivity contribution in [1.29, 1.82) is 0 Å². The van der Waals surface area contributed by atoms with E-state index in [0.717, 1.165) is 10.7 Å². The van der Waals surface area contributed by atoms with Crippen LogP contribution in [-0.2, 0) is 10.0 Å². The van der Waals surface area contributed by atoms with Gasteiger partial charge in [-0.3, -0.25) is 4.79 Å². The van der Waals surface area contributed by atoms with Gasteiger partial charge in [-0.1, -0.05) is 13.0 Å². The second kappa shape index (κ2) is 5.98. The lowest BCUT2D eigenvalue weighted by Crippen LogP contribution is -2.34. The maximum Gasteiger partial charge on any atom is 0.253 e. The van der Waals surface area contributed by atoms with Gasteiger partial charge in [0, 0.05) is 32.7 Å². The molecule has 1 aliphatic rings. The smallest absolute Gasteiger partial charge is 0.253 e. The molecule has 1 heterocycles. The molecule has 0 radical (unpaired) electrons. The van der Waals surface area contributed by atoms with Crippen molar-refractivity contribution in [2.75, 3.05) is 33.7 Å². The molecule has 0 spiro atoms.